The van der Waals surface area contributed by atoms with Gasteiger partial charge in [-0.05, 0) is 13.8 Å². The molecule has 4 amide bonds. The van der Waals surface area contributed by atoms with E-state index in [0.29, 0.717) is 0 Å². The quantitative estimate of drug-likeness (QED) is 0.682. The van der Waals surface area contributed by atoms with Crippen molar-refractivity contribution in [3.8, 4) is 0 Å². The van der Waals surface area contributed by atoms with Crippen LogP contribution in [0.25, 0.3) is 0 Å². The van der Waals surface area contributed by atoms with Crippen molar-refractivity contribution in [2.24, 2.45) is 5.41 Å². The van der Waals surface area contributed by atoms with Gasteiger partial charge >= 0.3 is 12.2 Å². The number of nitrogens with one attached hydrogen (secondary N) is 1. The number of urea groups is 1. The molecule has 1 fully saturated rings. The summed E-state index contributed by atoms with van der Waals surface area (Å²) in [7, 11) is 0. The summed E-state index contributed by atoms with van der Waals surface area (Å²) in [5, 5.41) is 1.70. The molecule has 0 saturated carbocycles. The Morgan fingerprint density at radius 1 is 1.25 bits per heavy atom. The number of rotatable bonds is 1. The molecule has 0 aromatic heterocycles. The number of hydrogen-bond donors (Lipinski definition) is 1. The summed E-state index contributed by atoms with van der Waals surface area (Å²) in [6.45, 7) is 0.606. The largest absolute Gasteiger partial charge is 0.406 e. The van der Waals surface area contributed by atoms with Crippen molar-refractivity contribution >= 4 is 17.8 Å². The first-order valence-electron chi connectivity index (χ1n) is 4.30. The lowest BCUT2D eigenvalue weighted by Crippen LogP contribution is -2.63. The van der Waals surface area contributed by atoms with Gasteiger partial charge in [0.15, 0.2) is 0 Å². The monoisotopic (exact) mass is 238 g/mol. The lowest BCUT2D eigenvalue weighted by molar-refractivity contribution is -0.166. The highest BCUT2D eigenvalue weighted by atomic mass is 19.4. The highest BCUT2D eigenvalue weighted by Gasteiger charge is 2.49. The Balaban J connectivity index is 2.98. The molecular formula is C8H9F3N2O3. The van der Waals surface area contributed by atoms with Crippen LogP contribution in [-0.2, 0) is 9.59 Å². The summed E-state index contributed by atoms with van der Waals surface area (Å²) in [6, 6.07) is -1.34. The van der Waals surface area contributed by atoms with E-state index < -0.39 is 36.0 Å². The van der Waals surface area contributed by atoms with Gasteiger partial charge in [-0.2, -0.15) is 13.2 Å². The van der Waals surface area contributed by atoms with Crippen LogP contribution in [-0.4, -0.2) is 35.5 Å². The summed E-state index contributed by atoms with van der Waals surface area (Å²) in [5.74, 6) is -2.06. The van der Waals surface area contributed by atoms with E-state index >= 15 is 0 Å². The fourth-order valence-corrected chi connectivity index (χ4v) is 1.17. The summed E-state index contributed by atoms with van der Waals surface area (Å²) in [4.78, 5) is 33.7. The predicted octanol–water partition coefficient (Wildman–Crippen LogP) is 0.653. The molecule has 1 rings (SSSR count). The minimum Gasteiger partial charge on any atom is -0.277 e. The maximum absolute atomic E-state index is 12.1. The molecule has 0 atom stereocenters. The number of carbonyl (C=O) groups excluding carboxylic acids is 3. The van der Waals surface area contributed by atoms with E-state index in [-0.39, 0.29) is 4.90 Å². The molecule has 16 heavy (non-hydrogen) atoms. The lowest BCUT2D eigenvalue weighted by atomic mass is 9.89. The Morgan fingerprint density at radius 3 is 2.19 bits per heavy atom. The van der Waals surface area contributed by atoms with E-state index in [2.05, 4.69) is 0 Å². The van der Waals surface area contributed by atoms with Crippen molar-refractivity contribution in [2.45, 2.75) is 20.0 Å². The zero-order chi connectivity index (χ0) is 12.7. The van der Waals surface area contributed by atoms with Crippen LogP contribution in [0.3, 0.4) is 0 Å². The van der Waals surface area contributed by atoms with Gasteiger partial charge in [-0.25, -0.2) is 4.79 Å². The fourth-order valence-electron chi connectivity index (χ4n) is 1.17. The molecule has 0 aromatic carbocycles. The van der Waals surface area contributed by atoms with Crippen molar-refractivity contribution in [2.75, 3.05) is 6.54 Å². The Hall–Kier alpha value is -1.60. The predicted molar refractivity (Wildman–Crippen MR) is 45.1 cm³/mol. The molecule has 0 aliphatic carbocycles. The van der Waals surface area contributed by atoms with Crippen molar-refractivity contribution in [3.05, 3.63) is 0 Å². The minimum absolute atomic E-state index is 0.0125. The highest BCUT2D eigenvalue weighted by Crippen LogP contribution is 2.26. The summed E-state index contributed by atoms with van der Waals surface area (Å²) in [6.07, 6.45) is -4.69. The van der Waals surface area contributed by atoms with Crippen LogP contribution in [0.5, 0.6) is 0 Å². The first-order chi connectivity index (χ1) is 7.05. The maximum Gasteiger partial charge on any atom is 0.406 e. The molecule has 0 radical (unpaired) electrons. The van der Waals surface area contributed by atoms with Crippen molar-refractivity contribution in [3.63, 3.8) is 0 Å². The van der Waals surface area contributed by atoms with E-state index in [0.717, 1.165) is 13.8 Å². The number of imide groups is 2. The Kier molecular flexibility index (Phi) is 2.70. The van der Waals surface area contributed by atoms with E-state index in [1.54, 1.807) is 5.32 Å². The molecule has 1 aliphatic rings. The lowest BCUT2D eigenvalue weighted by Gasteiger charge is -2.34. The van der Waals surface area contributed by atoms with Gasteiger partial charge in [0.2, 0.25) is 11.8 Å². The second-order valence-corrected chi connectivity index (χ2v) is 3.89. The number of halogens is 3. The van der Waals surface area contributed by atoms with Gasteiger partial charge in [0.25, 0.3) is 0 Å². The number of amides is 4. The molecule has 90 valence electrons. The van der Waals surface area contributed by atoms with E-state index in [9.17, 15) is 27.6 Å². The average molecular weight is 238 g/mol. The molecule has 0 spiro atoms. The Bertz CT molecular complexity index is 362. The normalized spacial score (nSPS) is 21.1. The molecule has 8 heteroatoms. The molecule has 1 heterocycles. The summed E-state index contributed by atoms with van der Waals surface area (Å²) in [5.41, 5.74) is -1.67. The Labute approximate surface area is 88.6 Å². The molecule has 0 aromatic rings. The number of carbonyl (C=O) groups is 3. The maximum atomic E-state index is 12.1. The highest BCUT2D eigenvalue weighted by molar-refractivity contribution is 6.18. The van der Waals surface area contributed by atoms with Crippen LogP contribution in [0.1, 0.15) is 13.8 Å². The molecule has 1 N–H and O–H groups in total. The summed E-state index contributed by atoms with van der Waals surface area (Å²) < 4.78 is 36.2. The van der Waals surface area contributed by atoms with Crippen LogP contribution in [0.4, 0.5) is 18.0 Å². The molecule has 1 saturated heterocycles. The Morgan fingerprint density at radius 2 is 1.75 bits per heavy atom. The number of alkyl halides is 3. The van der Waals surface area contributed by atoms with Gasteiger partial charge in [0, 0.05) is 0 Å². The van der Waals surface area contributed by atoms with Crippen LogP contribution in [0.2, 0.25) is 0 Å². The average Bonchev–Trinajstić information content (AvgIpc) is 2.09. The van der Waals surface area contributed by atoms with Gasteiger partial charge < -0.3 is 0 Å². The molecule has 0 bridgehead atoms. The molecule has 0 unspecified atom stereocenters. The van der Waals surface area contributed by atoms with E-state index in [1.807, 2.05) is 0 Å². The number of hydrogen-bond acceptors (Lipinski definition) is 3. The number of nitrogens with zero attached hydrogens (tertiary/aromatic N) is 1. The first-order valence-corrected chi connectivity index (χ1v) is 4.30. The van der Waals surface area contributed by atoms with Gasteiger partial charge in [0.05, 0.1) is 0 Å². The SMILES string of the molecule is CC1(C)C(=O)NC(=O)N(CC(F)(F)F)C1=O. The van der Waals surface area contributed by atoms with Gasteiger partial charge in [0.1, 0.15) is 12.0 Å². The minimum atomic E-state index is -4.69. The summed E-state index contributed by atoms with van der Waals surface area (Å²) >= 11 is 0. The van der Waals surface area contributed by atoms with Gasteiger partial charge in [-0.15, -0.1) is 0 Å². The second kappa shape index (κ2) is 3.46. The van der Waals surface area contributed by atoms with Gasteiger partial charge in [-0.1, -0.05) is 0 Å². The van der Waals surface area contributed by atoms with Crippen LogP contribution in [0, 0.1) is 5.41 Å². The van der Waals surface area contributed by atoms with Crippen LogP contribution >= 0.6 is 0 Å². The second-order valence-electron chi connectivity index (χ2n) is 3.89. The van der Waals surface area contributed by atoms with Gasteiger partial charge in [-0.3, -0.25) is 19.8 Å². The zero-order valence-corrected chi connectivity index (χ0v) is 8.51. The smallest absolute Gasteiger partial charge is 0.277 e. The molecule has 1 aliphatic heterocycles. The van der Waals surface area contributed by atoms with E-state index in [1.165, 1.54) is 0 Å². The zero-order valence-electron chi connectivity index (χ0n) is 8.51. The van der Waals surface area contributed by atoms with Crippen LogP contribution < -0.4 is 5.32 Å². The third kappa shape index (κ3) is 2.15. The van der Waals surface area contributed by atoms with Crippen LogP contribution in [0.15, 0.2) is 0 Å². The number of barbiturate groups is 1. The van der Waals surface area contributed by atoms with E-state index in [4.69, 9.17) is 0 Å². The topological polar surface area (TPSA) is 66.5 Å². The van der Waals surface area contributed by atoms with Crippen molar-refractivity contribution in [1.82, 2.24) is 10.2 Å². The third-order valence-electron chi connectivity index (χ3n) is 2.15. The van der Waals surface area contributed by atoms with Crippen molar-refractivity contribution < 1.29 is 27.6 Å². The fraction of sp³-hybridized carbons (Fsp3) is 0.625. The molecule has 5 nitrogen and oxygen atoms in total. The molecular weight excluding hydrogens is 229 g/mol. The van der Waals surface area contributed by atoms with Crippen molar-refractivity contribution in [1.29, 1.82) is 0 Å². The first kappa shape index (κ1) is 12.5. The third-order valence-corrected chi connectivity index (χ3v) is 2.15. The standard InChI is InChI=1S/C8H9F3N2O3/c1-7(2)4(14)12-6(16)13(5(7)15)3-8(9,10)11/h3H2,1-2H3,(H,12,14,16).